The van der Waals surface area contributed by atoms with Crippen LogP contribution in [-0.4, -0.2) is 32.3 Å². The van der Waals surface area contributed by atoms with E-state index in [-0.39, 0.29) is 24.1 Å². The molecule has 0 aliphatic heterocycles. The molecule has 2 aromatic carbocycles. The summed E-state index contributed by atoms with van der Waals surface area (Å²) in [5.74, 6) is 0.370. The number of aromatic nitrogens is 3. The number of nitrogens with zero attached hydrogens (tertiary/aromatic N) is 3. The van der Waals surface area contributed by atoms with Gasteiger partial charge in [0.2, 0.25) is 5.91 Å². The molecular weight excluding hydrogens is 422 g/mol. The molecule has 2 amide bonds. The molecule has 0 fully saturated rings. The first-order valence-electron chi connectivity index (χ1n) is 9.26. The van der Waals surface area contributed by atoms with Crippen LogP contribution in [0.4, 0.5) is 5.69 Å². The number of carbonyl (C=O) groups excluding carboxylic acids is 2. The molecule has 3 aromatic rings. The van der Waals surface area contributed by atoms with Gasteiger partial charge in [-0.3, -0.25) is 9.59 Å². The van der Waals surface area contributed by atoms with Crippen molar-refractivity contribution in [2.45, 2.75) is 25.5 Å². The third-order valence-corrected chi connectivity index (χ3v) is 5.80. The maximum Gasteiger partial charge on any atom is 0.253 e. The Bertz CT molecular complexity index is 1080. The highest BCUT2D eigenvalue weighted by atomic mass is 35.5. The molecule has 0 aliphatic rings. The predicted octanol–water partition coefficient (Wildman–Crippen LogP) is 3.75. The number of benzene rings is 2. The van der Waals surface area contributed by atoms with Crippen LogP contribution < -0.4 is 10.6 Å². The number of amides is 2. The molecule has 156 valence electrons. The van der Waals surface area contributed by atoms with Gasteiger partial charge in [0.1, 0.15) is 0 Å². The molecule has 1 heterocycles. The minimum absolute atomic E-state index is 0.120. The van der Waals surface area contributed by atoms with Crippen LogP contribution in [0.15, 0.2) is 47.6 Å². The average Bonchev–Trinajstić information content (AvgIpc) is 3.07. The number of anilines is 1. The highest BCUT2D eigenvalue weighted by Gasteiger charge is 2.14. The number of rotatable bonds is 7. The van der Waals surface area contributed by atoms with Crippen LogP contribution in [0.5, 0.6) is 0 Å². The maximum atomic E-state index is 12.3. The normalized spacial score (nSPS) is 10.7. The second-order valence-electron chi connectivity index (χ2n) is 6.78. The zero-order valence-electron chi connectivity index (χ0n) is 16.9. The molecule has 0 spiro atoms. The lowest BCUT2D eigenvalue weighted by molar-refractivity contribution is -0.113. The molecule has 0 radical (unpaired) electrons. The summed E-state index contributed by atoms with van der Waals surface area (Å²) in [6.07, 6.45) is 0. The van der Waals surface area contributed by atoms with Gasteiger partial charge in [-0.1, -0.05) is 47.6 Å². The fourth-order valence-corrected chi connectivity index (χ4v) is 3.66. The Hall–Kier alpha value is -2.84. The zero-order chi connectivity index (χ0) is 21.7. The van der Waals surface area contributed by atoms with E-state index in [0.717, 1.165) is 16.8 Å². The summed E-state index contributed by atoms with van der Waals surface area (Å²) in [6.45, 7) is 4.13. The highest BCUT2D eigenvalue weighted by molar-refractivity contribution is 7.99. The number of hydrogen-bond acceptors (Lipinski definition) is 5. The Labute approximate surface area is 184 Å². The van der Waals surface area contributed by atoms with Gasteiger partial charge in [-0.2, -0.15) is 0 Å². The molecule has 1 aromatic heterocycles. The van der Waals surface area contributed by atoms with Crippen LogP contribution in [0.3, 0.4) is 0 Å². The van der Waals surface area contributed by atoms with E-state index in [1.165, 1.54) is 11.8 Å². The SMILES string of the molecule is Cc1ccc(C)c(NC(=O)CSc2nnc(CNC(=O)c3ccccc3Cl)n2C)c1. The van der Waals surface area contributed by atoms with Gasteiger partial charge in [0.15, 0.2) is 11.0 Å². The van der Waals surface area contributed by atoms with Crippen LogP contribution in [0.2, 0.25) is 5.02 Å². The largest absolute Gasteiger partial charge is 0.345 e. The summed E-state index contributed by atoms with van der Waals surface area (Å²) in [7, 11) is 1.79. The summed E-state index contributed by atoms with van der Waals surface area (Å²) in [5.41, 5.74) is 3.30. The molecule has 0 saturated carbocycles. The summed E-state index contributed by atoms with van der Waals surface area (Å²) in [6, 6.07) is 12.8. The lowest BCUT2D eigenvalue weighted by atomic mass is 10.1. The molecule has 0 bridgehead atoms. The van der Waals surface area contributed by atoms with Crippen molar-refractivity contribution in [3.8, 4) is 0 Å². The van der Waals surface area contributed by atoms with E-state index in [4.69, 9.17) is 11.6 Å². The molecule has 2 N–H and O–H groups in total. The van der Waals surface area contributed by atoms with Crippen LogP contribution in [0.25, 0.3) is 0 Å². The van der Waals surface area contributed by atoms with Crippen molar-refractivity contribution in [3.63, 3.8) is 0 Å². The Morgan fingerprint density at radius 1 is 1.13 bits per heavy atom. The minimum atomic E-state index is -0.286. The van der Waals surface area contributed by atoms with Gasteiger partial charge in [-0.25, -0.2) is 0 Å². The second kappa shape index (κ2) is 9.77. The molecule has 3 rings (SSSR count). The molecular formula is C21H22ClN5O2S. The third kappa shape index (κ3) is 5.40. The molecule has 30 heavy (non-hydrogen) atoms. The first-order valence-corrected chi connectivity index (χ1v) is 10.6. The molecule has 0 atom stereocenters. The number of hydrogen-bond donors (Lipinski definition) is 2. The number of nitrogens with one attached hydrogen (secondary N) is 2. The van der Waals surface area contributed by atoms with Gasteiger partial charge in [0.05, 0.1) is 22.9 Å². The summed E-state index contributed by atoms with van der Waals surface area (Å²) in [4.78, 5) is 24.6. The lowest BCUT2D eigenvalue weighted by Gasteiger charge is -2.09. The van der Waals surface area contributed by atoms with Crippen molar-refractivity contribution >= 4 is 40.9 Å². The molecule has 7 nitrogen and oxygen atoms in total. The maximum absolute atomic E-state index is 12.3. The Morgan fingerprint density at radius 2 is 1.90 bits per heavy atom. The van der Waals surface area contributed by atoms with Crippen LogP contribution in [-0.2, 0) is 18.4 Å². The fourth-order valence-electron chi connectivity index (χ4n) is 2.71. The van der Waals surface area contributed by atoms with Crippen molar-refractivity contribution in [1.29, 1.82) is 0 Å². The van der Waals surface area contributed by atoms with Crippen molar-refractivity contribution in [3.05, 3.63) is 70.0 Å². The zero-order valence-corrected chi connectivity index (χ0v) is 18.5. The molecule has 0 saturated heterocycles. The second-order valence-corrected chi connectivity index (χ2v) is 8.13. The Kier molecular flexibility index (Phi) is 7.12. The number of carbonyl (C=O) groups is 2. The molecule has 9 heteroatoms. The fraction of sp³-hybridized carbons (Fsp3) is 0.238. The van der Waals surface area contributed by atoms with E-state index in [1.807, 2.05) is 32.0 Å². The van der Waals surface area contributed by atoms with Gasteiger partial charge >= 0.3 is 0 Å². The van der Waals surface area contributed by atoms with Crippen molar-refractivity contribution in [1.82, 2.24) is 20.1 Å². The third-order valence-electron chi connectivity index (χ3n) is 4.45. The van der Waals surface area contributed by atoms with Gasteiger partial charge < -0.3 is 15.2 Å². The van der Waals surface area contributed by atoms with E-state index >= 15 is 0 Å². The molecule has 0 aliphatic carbocycles. The van der Waals surface area contributed by atoms with Gasteiger partial charge in [0, 0.05) is 12.7 Å². The van der Waals surface area contributed by atoms with Crippen LogP contribution in [0.1, 0.15) is 27.3 Å². The monoisotopic (exact) mass is 443 g/mol. The van der Waals surface area contributed by atoms with E-state index in [9.17, 15) is 9.59 Å². The van der Waals surface area contributed by atoms with Crippen LogP contribution in [0, 0.1) is 13.8 Å². The average molecular weight is 444 g/mol. The topological polar surface area (TPSA) is 88.9 Å². The first kappa shape index (κ1) is 21.9. The van der Waals surface area contributed by atoms with Crippen molar-refractivity contribution in [2.75, 3.05) is 11.1 Å². The van der Waals surface area contributed by atoms with Gasteiger partial charge in [-0.05, 0) is 43.2 Å². The Morgan fingerprint density at radius 3 is 2.67 bits per heavy atom. The van der Waals surface area contributed by atoms with Crippen LogP contribution >= 0.6 is 23.4 Å². The van der Waals surface area contributed by atoms with Gasteiger partial charge in [-0.15, -0.1) is 10.2 Å². The van der Waals surface area contributed by atoms with Gasteiger partial charge in [0.25, 0.3) is 5.91 Å². The predicted molar refractivity (Wildman–Crippen MR) is 119 cm³/mol. The summed E-state index contributed by atoms with van der Waals surface area (Å²) in [5, 5.41) is 14.9. The minimum Gasteiger partial charge on any atom is -0.345 e. The summed E-state index contributed by atoms with van der Waals surface area (Å²) < 4.78 is 1.75. The van der Waals surface area contributed by atoms with E-state index in [2.05, 4.69) is 20.8 Å². The number of halogens is 1. The smallest absolute Gasteiger partial charge is 0.253 e. The first-order chi connectivity index (χ1) is 14.3. The van der Waals surface area contributed by atoms with E-state index < -0.39 is 0 Å². The van der Waals surface area contributed by atoms with E-state index in [1.54, 1.807) is 35.9 Å². The van der Waals surface area contributed by atoms with Crippen molar-refractivity contribution < 1.29 is 9.59 Å². The van der Waals surface area contributed by atoms with E-state index in [0.29, 0.717) is 21.6 Å². The number of aryl methyl sites for hydroxylation is 2. The number of thioether (sulfide) groups is 1. The lowest BCUT2D eigenvalue weighted by Crippen LogP contribution is -2.24. The summed E-state index contributed by atoms with van der Waals surface area (Å²) >= 11 is 7.33. The standard InChI is InChI=1S/C21H22ClN5O2S/c1-13-8-9-14(2)17(10-13)24-19(28)12-30-21-26-25-18(27(21)3)11-23-20(29)15-6-4-5-7-16(15)22/h4-10H,11-12H2,1-3H3,(H,23,29)(H,24,28). The Balaban J connectivity index is 1.55. The van der Waals surface area contributed by atoms with Crippen molar-refractivity contribution in [2.24, 2.45) is 7.05 Å². The molecule has 0 unspecified atom stereocenters. The quantitative estimate of drug-likeness (QED) is 0.543. The highest BCUT2D eigenvalue weighted by Crippen LogP contribution is 2.19.